The van der Waals surface area contributed by atoms with Gasteiger partial charge in [-0.3, -0.25) is 9.59 Å². The molecule has 1 fully saturated rings. The third kappa shape index (κ3) is 5.51. The molecule has 20 heavy (non-hydrogen) atoms. The molecule has 0 spiro atoms. The minimum atomic E-state index is -0.713. The lowest BCUT2D eigenvalue weighted by atomic mass is 9.81. The maximum atomic E-state index is 12.1. The van der Waals surface area contributed by atoms with Gasteiger partial charge in [0.05, 0.1) is 5.92 Å². The van der Waals surface area contributed by atoms with Crippen LogP contribution in [-0.2, 0) is 9.59 Å². The summed E-state index contributed by atoms with van der Waals surface area (Å²) in [6, 6.07) is 0. The minimum absolute atomic E-state index is 0.0225. The van der Waals surface area contributed by atoms with Crippen molar-refractivity contribution in [2.75, 3.05) is 6.54 Å². The molecule has 0 aromatic heterocycles. The van der Waals surface area contributed by atoms with Gasteiger partial charge in [-0.2, -0.15) is 0 Å². The third-order valence-electron chi connectivity index (χ3n) is 4.56. The summed E-state index contributed by atoms with van der Waals surface area (Å²) >= 11 is 0. The number of carboxylic acid groups (broad SMARTS) is 1. The second kappa shape index (κ2) is 8.98. The molecular weight excluding hydrogens is 254 g/mol. The van der Waals surface area contributed by atoms with E-state index in [1.165, 1.54) is 19.3 Å². The van der Waals surface area contributed by atoms with Crippen LogP contribution in [0.2, 0.25) is 0 Å². The normalized spacial score (nSPS) is 24.1. The summed E-state index contributed by atoms with van der Waals surface area (Å²) in [6.45, 7) is 5.13. The zero-order valence-electron chi connectivity index (χ0n) is 12.9. The highest BCUT2D eigenvalue weighted by atomic mass is 16.4. The minimum Gasteiger partial charge on any atom is -0.481 e. The van der Waals surface area contributed by atoms with Crippen molar-refractivity contribution in [3.8, 4) is 0 Å². The van der Waals surface area contributed by atoms with Gasteiger partial charge in [0.2, 0.25) is 5.91 Å². The van der Waals surface area contributed by atoms with Crippen molar-refractivity contribution >= 4 is 11.9 Å². The van der Waals surface area contributed by atoms with E-state index in [1.54, 1.807) is 0 Å². The fraction of sp³-hybridized carbons (Fsp3) is 0.875. The predicted octanol–water partition coefficient (Wildman–Crippen LogP) is 3.21. The van der Waals surface area contributed by atoms with E-state index < -0.39 is 5.97 Å². The number of hydrogen-bond donors (Lipinski definition) is 2. The Morgan fingerprint density at radius 2 is 1.75 bits per heavy atom. The van der Waals surface area contributed by atoms with Crippen molar-refractivity contribution in [2.45, 2.75) is 65.2 Å². The molecule has 1 aliphatic rings. The van der Waals surface area contributed by atoms with E-state index in [0.29, 0.717) is 31.6 Å². The Bertz CT molecular complexity index is 309. The molecule has 1 atom stereocenters. The van der Waals surface area contributed by atoms with Crippen molar-refractivity contribution < 1.29 is 14.7 Å². The largest absolute Gasteiger partial charge is 0.481 e. The maximum absolute atomic E-state index is 12.1. The molecule has 0 aromatic rings. The van der Waals surface area contributed by atoms with Gasteiger partial charge in [-0.25, -0.2) is 0 Å². The van der Waals surface area contributed by atoms with Gasteiger partial charge in [-0.1, -0.05) is 33.1 Å². The smallest absolute Gasteiger partial charge is 0.306 e. The van der Waals surface area contributed by atoms with Crippen molar-refractivity contribution in [2.24, 2.45) is 17.8 Å². The van der Waals surface area contributed by atoms with E-state index in [2.05, 4.69) is 19.2 Å². The number of carbonyl (C=O) groups excluding carboxylic acids is 1. The number of hydrogen-bond acceptors (Lipinski definition) is 2. The fourth-order valence-corrected chi connectivity index (χ4v) is 2.94. The van der Waals surface area contributed by atoms with Crippen molar-refractivity contribution in [3.05, 3.63) is 0 Å². The van der Waals surface area contributed by atoms with Gasteiger partial charge in [0.25, 0.3) is 0 Å². The van der Waals surface area contributed by atoms with E-state index in [9.17, 15) is 9.59 Å². The van der Waals surface area contributed by atoms with E-state index >= 15 is 0 Å². The predicted molar refractivity (Wildman–Crippen MR) is 79.4 cm³/mol. The summed E-state index contributed by atoms with van der Waals surface area (Å²) in [4.78, 5) is 23.0. The van der Waals surface area contributed by atoms with Crippen LogP contribution >= 0.6 is 0 Å². The topological polar surface area (TPSA) is 66.4 Å². The number of amides is 1. The highest BCUT2D eigenvalue weighted by molar-refractivity contribution is 5.79. The molecule has 1 rings (SSSR count). The molecule has 0 aliphatic heterocycles. The van der Waals surface area contributed by atoms with Gasteiger partial charge in [-0.05, 0) is 38.0 Å². The molecule has 0 aromatic carbocycles. The Balaban J connectivity index is 2.27. The standard InChI is InChI=1S/C16H29NO3/c1-3-5-6-12(4-2)11-17-15(18)13-7-9-14(10-8-13)16(19)20/h12-14H,3-11H2,1-2H3,(H,17,18)(H,19,20). The monoisotopic (exact) mass is 283 g/mol. The van der Waals surface area contributed by atoms with Crippen LogP contribution in [0.3, 0.4) is 0 Å². The van der Waals surface area contributed by atoms with E-state index in [4.69, 9.17) is 5.11 Å². The molecule has 1 saturated carbocycles. The first-order chi connectivity index (χ1) is 9.58. The van der Waals surface area contributed by atoms with Gasteiger partial charge in [0, 0.05) is 12.5 Å². The van der Waals surface area contributed by atoms with Crippen molar-refractivity contribution in [1.82, 2.24) is 5.32 Å². The van der Waals surface area contributed by atoms with Crippen LogP contribution in [0.15, 0.2) is 0 Å². The number of aliphatic carboxylic acids is 1. The molecule has 0 saturated heterocycles. The Morgan fingerprint density at radius 1 is 1.15 bits per heavy atom. The molecule has 0 bridgehead atoms. The lowest BCUT2D eigenvalue weighted by Gasteiger charge is -2.26. The van der Waals surface area contributed by atoms with Gasteiger partial charge in [0.1, 0.15) is 0 Å². The van der Waals surface area contributed by atoms with Crippen LogP contribution in [0.1, 0.15) is 65.2 Å². The Morgan fingerprint density at radius 3 is 2.25 bits per heavy atom. The summed E-state index contributed by atoms with van der Waals surface area (Å²) < 4.78 is 0. The molecule has 1 amide bonds. The van der Waals surface area contributed by atoms with Gasteiger partial charge in [0.15, 0.2) is 0 Å². The van der Waals surface area contributed by atoms with E-state index in [-0.39, 0.29) is 17.7 Å². The third-order valence-corrected chi connectivity index (χ3v) is 4.56. The maximum Gasteiger partial charge on any atom is 0.306 e. The first kappa shape index (κ1) is 17.0. The number of carboxylic acids is 1. The number of rotatable bonds is 8. The van der Waals surface area contributed by atoms with Crippen LogP contribution in [0.5, 0.6) is 0 Å². The van der Waals surface area contributed by atoms with Crippen molar-refractivity contribution in [3.63, 3.8) is 0 Å². The number of carbonyl (C=O) groups is 2. The van der Waals surface area contributed by atoms with Gasteiger partial charge >= 0.3 is 5.97 Å². The van der Waals surface area contributed by atoms with E-state index in [1.807, 2.05) is 0 Å². The molecule has 1 aliphatic carbocycles. The second-order valence-electron chi connectivity index (χ2n) is 6.05. The van der Waals surface area contributed by atoms with Crippen LogP contribution in [-0.4, -0.2) is 23.5 Å². The second-order valence-corrected chi connectivity index (χ2v) is 6.05. The SMILES string of the molecule is CCCCC(CC)CNC(=O)C1CCC(C(=O)O)CC1. The molecule has 1 unspecified atom stereocenters. The van der Waals surface area contributed by atoms with Crippen LogP contribution < -0.4 is 5.32 Å². The van der Waals surface area contributed by atoms with Crippen molar-refractivity contribution in [1.29, 1.82) is 0 Å². The Hall–Kier alpha value is -1.06. The highest BCUT2D eigenvalue weighted by Gasteiger charge is 2.29. The quantitative estimate of drug-likeness (QED) is 0.719. The lowest BCUT2D eigenvalue weighted by Crippen LogP contribution is -2.36. The summed E-state index contributed by atoms with van der Waals surface area (Å²) in [5.41, 5.74) is 0. The summed E-state index contributed by atoms with van der Waals surface area (Å²) in [6.07, 6.45) is 7.41. The first-order valence-corrected chi connectivity index (χ1v) is 8.08. The van der Waals surface area contributed by atoms with Gasteiger partial charge in [-0.15, -0.1) is 0 Å². The average molecular weight is 283 g/mol. The molecular formula is C16H29NO3. The first-order valence-electron chi connectivity index (χ1n) is 8.08. The zero-order valence-corrected chi connectivity index (χ0v) is 12.9. The molecule has 0 heterocycles. The zero-order chi connectivity index (χ0) is 15.0. The van der Waals surface area contributed by atoms with Crippen LogP contribution in [0.25, 0.3) is 0 Å². The number of unbranched alkanes of at least 4 members (excludes halogenated alkanes) is 1. The lowest BCUT2D eigenvalue weighted by molar-refractivity contribution is -0.144. The highest BCUT2D eigenvalue weighted by Crippen LogP contribution is 2.29. The molecule has 4 heteroatoms. The Kier molecular flexibility index (Phi) is 7.63. The van der Waals surface area contributed by atoms with Crippen LogP contribution in [0, 0.1) is 17.8 Å². The van der Waals surface area contributed by atoms with E-state index in [0.717, 1.165) is 13.0 Å². The molecule has 0 radical (unpaired) electrons. The van der Waals surface area contributed by atoms with Gasteiger partial charge < -0.3 is 10.4 Å². The fourth-order valence-electron chi connectivity index (χ4n) is 2.94. The molecule has 116 valence electrons. The summed E-state index contributed by atoms with van der Waals surface area (Å²) in [5.74, 6) is -0.228. The van der Waals surface area contributed by atoms with Crippen LogP contribution in [0.4, 0.5) is 0 Å². The molecule has 2 N–H and O–H groups in total. The Labute approximate surface area is 122 Å². The summed E-state index contributed by atoms with van der Waals surface area (Å²) in [7, 11) is 0. The summed E-state index contributed by atoms with van der Waals surface area (Å²) in [5, 5.41) is 12.0. The number of nitrogens with one attached hydrogen (secondary N) is 1. The average Bonchev–Trinajstić information content (AvgIpc) is 2.47. The molecule has 4 nitrogen and oxygen atoms in total.